The number of ether oxygens (including phenoxy) is 1. The fourth-order valence-corrected chi connectivity index (χ4v) is 3.39. The number of hydrogen-bond acceptors (Lipinski definition) is 4. The molecule has 0 unspecified atom stereocenters. The Labute approximate surface area is 149 Å². The van der Waals surface area contributed by atoms with E-state index in [9.17, 15) is 9.59 Å². The van der Waals surface area contributed by atoms with E-state index in [2.05, 4.69) is 5.32 Å². The number of primary amides is 1. The molecule has 0 saturated carbocycles. The topological polar surface area (TPSA) is 81.4 Å². The molecular formula is C19H16N2O3S. The van der Waals surface area contributed by atoms with E-state index < -0.39 is 5.91 Å². The van der Waals surface area contributed by atoms with Crippen molar-refractivity contribution >= 4 is 28.2 Å². The van der Waals surface area contributed by atoms with Crippen molar-refractivity contribution in [2.75, 3.05) is 12.4 Å². The standard InChI is InChI=1S/C19H16N2O3S/c1-24-14-9-7-13(8-10-14)18(23)21-19-15(17(20)22)11-16(25-19)12-5-3-2-4-6-12/h2-11H,1H3,(H2,20,22)(H,21,23). The zero-order chi connectivity index (χ0) is 17.8. The summed E-state index contributed by atoms with van der Waals surface area (Å²) in [5.41, 5.74) is 7.18. The van der Waals surface area contributed by atoms with Crippen molar-refractivity contribution in [2.45, 2.75) is 0 Å². The number of benzene rings is 2. The molecule has 2 aromatic carbocycles. The molecular weight excluding hydrogens is 336 g/mol. The van der Waals surface area contributed by atoms with Gasteiger partial charge in [-0.2, -0.15) is 0 Å². The van der Waals surface area contributed by atoms with Gasteiger partial charge in [0.2, 0.25) is 0 Å². The molecule has 0 radical (unpaired) electrons. The zero-order valence-corrected chi connectivity index (χ0v) is 14.3. The molecule has 6 heteroatoms. The smallest absolute Gasteiger partial charge is 0.256 e. The van der Waals surface area contributed by atoms with Crippen LogP contribution in [0.25, 0.3) is 10.4 Å². The van der Waals surface area contributed by atoms with E-state index in [1.54, 1.807) is 37.4 Å². The Balaban J connectivity index is 1.89. The van der Waals surface area contributed by atoms with Gasteiger partial charge in [0.15, 0.2) is 0 Å². The van der Waals surface area contributed by atoms with E-state index in [4.69, 9.17) is 10.5 Å². The lowest BCUT2D eigenvalue weighted by Gasteiger charge is -2.05. The van der Waals surface area contributed by atoms with Crippen molar-refractivity contribution in [3.63, 3.8) is 0 Å². The number of carbonyl (C=O) groups is 2. The minimum absolute atomic E-state index is 0.297. The molecule has 2 amide bonds. The highest BCUT2D eigenvalue weighted by molar-refractivity contribution is 7.20. The summed E-state index contributed by atoms with van der Waals surface area (Å²) in [5, 5.41) is 3.21. The van der Waals surface area contributed by atoms with E-state index in [1.807, 2.05) is 30.3 Å². The molecule has 0 spiro atoms. The molecule has 0 fully saturated rings. The maximum absolute atomic E-state index is 12.4. The van der Waals surface area contributed by atoms with E-state index in [0.29, 0.717) is 21.9 Å². The maximum atomic E-state index is 12.4. The number of thiophene rings is 1. The van der Waals surface area contributed by atoms with Crippen molar-refractivity contribution in [3.8, 4) is 16.2 Å². The Kier molecular flexibility index (Phi) is 4.81. The second-order valence-electron chi connectivity index (χ2n) is 5.27. The first-order valence-corrected chi connectivity index (χ1v) is 8.34. The average molecular weight is 352 g/mol. The Morgan fingerprint density at radius 2 is 1.72 bits per heavy atom. The minimum atomic E-state index is -0.580. The third-order valence-corrected chi connectivity index (χ3v) is 4.73. The van der Waals surface area contributed by atoms with Gasteiger partial charge in [-0.15, -0.1) is 11.3 Å². The van der Waals surface area contributed by atoms with Crippen LogP contribution in [-0.2, 0) is 0 Å². The van der Waals surface area contributed by atoms with Crippen LogP contribution in [0.5, 0.6) is 5.75 Å². The van der Waals surface area contributed by atoms with Crippen LogP contribution in [0.2, 0.25) is 0 Å². The van der Waals surface area contributed by atoms with E-state index in [0.717, 1.165) is 10.4 Å². The fourth-order valence-electron chi connectivity index (χ4n) is 2.33. The molecule has 3 aromatic rings. The van der Waals surface area contributed by atoms with Gasteiger partial charge in [0, 0.05) is 10.4 Å². The molecule has 0 aliphatic heterocycles. The maximum Gasteiger partial charge on any atom is 0.256 e. The number of rotatable bonds is 5. The number of nitrogens with two attached hydrogens (primary N) is 1. The number of nitrogens with one attached hydrogen (secondary N) is 1. The van der Waals surface area contributed by atoms with Crippen LogP contribution in [0, 0.1) is 0 Å². The predicted octanol–water partition coefficient (Wildman–Crippen LogP) is 3.77. The summed E-state index contributed by atoms with van der Waals surface area (Å²) < 4.78 is 5.08. The monoisotopic (exact) mass is 352 g/mol. The highest BCUT2D eigenvalue weighted by atomic mass is 32.1. The van der Waals surface area contributed by atoms with Gasteiger partial charge < -0.3 is 15.8 Å². The summed E-state index contributed by atoms with van der Waals surface area (Å²) in [6.45, 7) is 0. The quantitative estimate of drug-likeness (QED) is 0.733. The first kappa shape index (κ1) is 16.7. The molecule has 126 valence electrons. The van der Waals surface area contributed by atoms with Gasteiger partial charge in [-0.3, -0.25) is 9.59 Å². The van der Waals surface area contributed by atoms with E-state index in [-0.39, 0.29) is 5.91 Å². The Morgan fingerprint density at radius 1 is 1.04 bits per heavy atom. The second kappa shape index (κ2) is 7.19. The van der Waals surface area contributed by atoms with Crippen LogP contribution in [0.3, 0.4) is 0 Å². The Morgan fingerprint density at radius 3 is 2.32 bits per heavy atom. The average Bonchev–Trinajstić information content (AvgIpc) is 3.06. The van der Waals surface area contributed by atoms with Crippen molar-refractivity contribution in [3.05, 3.63) is 71.8 Å². The molecule has 1 aromatic heterocycles. The molecule has 3 N–H and O–H groups in total. The molecule has 0 aliphatic rings. The normalized spacial score (nSPS) is 10.3. The summed E-state index contributed by atoms with van der Waals surface area (Å²) >= 11 is 1.31. The summed E-state index contributed by atoms with van der Waals surface area (Å²) in [6.07, 6.45) is 0. The van der Waals surface area contributed by atoms with Crippen LogP contribution in [0.4, 0.5) is 5.00 Å². The van der Waals surface area contributed by atoms with Gasteiger partial charge in [-0.1, -0.05) is 30.3 Å². The number of methoxy groups -OCH3 is 1. The van der Waals surface area contributed by atoms with Crippen molar-refractivity contribution < 1.29 is 14.3 Å². The molecule has 5 nitrogen and oxygen atoms in total. The first-order chi connectivity index (χ1) is 12.1. The lowest BCUT2D eigenvalue weighted by atomic mass is 10.1. The fraction of sp³-hybridized carbons (Fsp3) is 0.0526. The SMILES string of the molecule is COc1ccc(C(=O)Nc2sc(-c3ccccc3)cc2C(N)=O)cc1. The van der Waals surface area contributed by atoms with Gasteiger partial charge in [-0.05, 0) is 35.9 Å². The number of hydrogen-bond donors (Lipinski definition) is 2. The molecule has 0 aliphatic carbocycles. The molecule has 1 heterocycles. The van der Waals surface area contributed by atoms with Crippen LogP contribution < -0.4 is 15.8 Å². The lowest BCUT2D eigenvalue weighted by molar-refractivity contribution is 0.100. The van der Waals surface area contributed by atoms with Gasteiger partial charge in [0.1, 0.15) is 10.8 Å². The minimum Gasteiger partial charge on any atom is -0.497 e. The van der Waals surface area contributed by atoms with Crippen LogP contribution in [0.1, 0.15) is 20.7 Å². The largest absolute Gasteiger partial charge is 0.497 e. The molecule has 25 heavy (non-hydrogen) atoms. The summed E-state index contributed by atoms with van der Waals surface area (Å²) in [7, 11) is 1.56. The van der Waals surface area contributed by atoms with Crippen LogP contribution >= 0.6 is 11.3 Å². The van der Waals surface area contributed by atoms with Gasteiger partial charge in [0.05, 0.1) is 12.7 Å². The van der Waals surface area contributed by atoms with Crippen LogP contribution in [0.15, 0.2) is 60.7 Å². The highest BCUT2D eigenvalue weighted by Crippen LogP contribution is 2.35. The van der Waals surface area contributed by atoms with Crippen molar-refractivity contribution in [1.82, 2.24) is 0 Å². The second-order valence-corrected chi connectivity index (χ2v) is 6.32. The Hall–Kier alpha value is -3.12. The van der Waals surface area contributed by atoms with Crippen LogP contribution in [-0.4, -0.2) is 18.9 Å². The summed E-state index contributed by atoms with van der Waals surface area (Å²) in [6, 6.07) is 18.0. The van der Waals surface area contributed by atoms with Crippen molar-refractivity contribution in [2.24, 2.45) is 5.73 Å². The first-order valence-electron chi connectivity index (χ1n) is 7.53. The summed E-state index contributed by atoms with van der Waals surface area (Å²) in [5.74, 6) is -0.230. The van der Waals surface area contributed by atoms with E-state index >= 15 is 0 Å². The van der Waals surface area contributed by atoms with E-state index in [1.165, 1.54) is 11.3 Å². The summed E-state index contributed by atoms with van der Waals surface area (Å²) in [4.78, 5) is 25.0. The molecule has 0 bridgehead atoms. The van der Waals surface area contributed by atoms with Gasteiger partial charge in [0.25, 0.3) is 11.8 Å². The van der Waals surface area contributed by atoms with Crippen molar-refractivity contribution in [1.29, 1.82) is 0 Å². The third-order valence-electron chi connectivity index (χ3n) is 3.64. The number of anilines is 1. The zero-order valence-electron chi connectivity index (χ0n) is 13.5. The Bertz CT molecular complexity index is 902. The number of amides is 2. The number of carbonyl (C=O) groups excluding carboxylic acids is 2. The predicted molar refractivity (Wildman–Crippen MR) is 99.2 cm³/mol. The van der Waals surface area contributed by atoms with Gasteiger partial charge >= 0.3 is 0 Å². The molecule has 0 saturated heterocycles. The van der Waals surface area contributed by atoms with Gasteiger partial charge in [-0.25, -0.2) is 0 Å². The lowest BCUT2D eigenvalue weighted by Crippen LogP contribution is -2.16. The highest BCUT2D eigenvalue weighted by Gasteiger charge is 2.17. The third kappa shape index (κ3) is 3.70. The molecule has 3 rings (SSSR count). The molecule has 0 atom stereocenters.